The van der Waals surface area contributed by atoms with Crippen LogP contribution in [0.1, 0.15) is 10.4 Å². The molecule has 0 radical (unpaired) electrons. The summed E-state index contributed by atoms with van der Waals surface area (Å²) in [7, 11) is 0. The second kappa shape index (κ2) is 3.52. The van der Waals surface area contributed by atoms with E-state index in [1.54, 1.807) is 30.6 Å². The van der Waals surface area contributed by atoms with Gasteiger partial charge in [-0.15, -0.1) is 0 Å². The van der Waals surface area contributed by atoms with Crippen molar-refractivity contribution in [1.82, 2.24) is 9.97 Å². The lowest BCUT2D eigenvalue weighted by molar-refractivity contribution is 0.0697. The molecule has 0 bridgehead atoms. The fourth-order valence-electron chi connectivity index (χ4n) is 1.88. The Kier molecular flexibility index (Phi) is 2.01. The standard InChI is InChI=1S/C13H8N2O2/c16-13(17)8-3-4-10-9-2-1-5-14-12(9)7-15-11(10)6-8/h1-7H,(H,16,17). The van der Waals surface area contributed by atoms with Crippen molar-refractivity contribution in [2.75, 3.05) is 0 Å². The summed E-state index contributed by atoms with van der Waals surface area (Å²) in [6.07, 6.45) is 3.37. The van der Waals surface area contributed by atoms with E-state index in [1.807, 2.05) is 12.1 Å². The summed E-state index contributed by atoms with van der Waals surface area (Å²) in [6, 6.07) is 8.73. The van der Waals surface area contributed by atoms with Crippen LogP contribution >= 0.6 is 0 Å². The van der Waals surface area contributed by atoms with Crippen molar-refractivity contribution in [1.29, 1.82) is 0 Å². The number of fused-ring (bicyclic) bond motifs is 3. The molecule has 3 rings (SSSR count). The smallest absolute Gasteiger partial charge is 0.335 e. The minimum atomic E-state index is -0.944. The molecule has 0 saturated carbocycles. The first-order valence-corrected chi connectivity index (χ1v) is 5.12. The van der Waals surface area contributed by atoms with Crippen LogP contribution in [0.4, 0.5) is 0 Å². The molecule has 0 unspecified atom stereocenters. The molecule has 0 atom stereocenters. The zero-order valence-electron chi connectivity index (χ0n) is 8.79. The molecule has 0 saturated heterocycles. The van der Waals surface area contributed by atoms with Gasteiger partial charge < -0.3 is 5.11 Å². The highest BCUT2D eigenvalue weighted by atomic mass is 16.4. The topological polar surface area (TPSA) is 63.1 Å². The van der Waals surface area contributed by atoms with E-state index in [-0.39, 0.29) is 5.56 Å². The Hall–Kier alpha value is -2.49. The van der Waals surface area contributed by atoms with Gasteiger partial charge in [0.05, 0.1) is 22.8 Å². The normalized spacial score (nSPS) is 10.8. The fourth-order valence-corrected chi connectivity index (χ4v) is 1.88. The number of nitrogens with zero attached hydrogens (tertiary/aromatic N) is 2. The molecule has 1 aromatic carbocycles. The lowest BCUT2D eigenvalue weighted by atomic mass is 10.1. The first kappa shape index (κ1) is 9.72. The maximum absolute atomic E-state index is 10.9. The molecule has 17 heavy (non-hydrogen) atoms. The quantitative estimate of drug-likeness (QED) is 0.645. The van der Waals surface area contributed by atoms with Crippen molar-refractivity contribution in [3.8, 4) is 0 Å². The minimum absolute atomic E-state index is 0.244. The minimum Gasteiger partial charge on any atom is -0.478 e. The van der Waals surface area contributed by atoms with Gasteiger partial charge >= 0.3 is 5.97 Å². The predicted octanol–water partition coefficient (Wildman–Crippen LogP) is 2.48. The molecule has 0 aliphatic carbocycles. The average molecular weight is 224 g/mol. The molecule has 4 nitrogen and oxygen atoms in total. The van der Waals surface area contributed by atoms with Crippen LogP contribution in [0.3, 0.4) is 0 Å². The second-order valence-electron chi connectivity index (χ2n) is 3.73. The number of carboxylic acid groups (broad SMARTS) is 1. The van der Waals surface area contributed by atoms with Gasteiger partial charge in [0.15, 0.2) is 0 Å². The number of aromatic carboxylic acids is 1. The summed E-state index contributed by atoms with van der Waals surface area (Å²) < 4.78 is 0. The van der Waals surface area contributed by atoms with Crippen molar-refractivity contribution >= 4 is 27.8 Å². The molecule has 82 valence electrons. The van der Waals surface area contributed by atoms with Gasteiger partial charge in [-0.25, -0.2) is 4.79 Å². The average Bonchev–Trinajstić information content (AvgIpc) is 2.38. The SMILES string of the molecule is O=C(O)c1ccc2c(c1)ncc1ncccc12. The maximum atomic E-state index is 10.9. The van der Waals surface area contributed by atoms with Crippen molar-refractivity contribution in [3.63, 3.8) is 0 Å². The maximum Gasteiger partial charge on any atom is 0.335 e. The molecule has 0 aliphatic heterocycles. The number of aromatic nitrogens is 2. The third-order valence-corrected chi connectivity index (χ3v) is 2.70. The van der Waals surface area contributed by atoms with E-state index < -0.39 is 5.97 Å². The molecule has 2 heterocycles. The summed E-state index contributed by atoms with van der Waals surface area (Å²) in [5, 5.41) is 10.8. The predicted molar refractivity (Wildman–Crippen MR) is 64.0 cm³/mol. The van der Waals surface area contributed by atoms with Gasteiger partial charge in [0, 0.05) is 17.0 Å². The Morgan fingerprint density at radius 3 is 2.71 bits per heavy atom. The van der Waals surface area contributed by atoms with Gasteiger partial charge in [0.25, 0.3) is 0 Å². The van der Waals surface area contributed by atoms with Crippen molar-refractivity contribution in [2.45, 2.75) is 0 Å². The number of rotatable bonds is 1. The van der Waals surface area contributed by atoms with Crippen LogP contribution in [0.2, 0.25) is 0 Å². The Balaban J connectivity index is 2.41. The van der Waals surface area contributed by atoms with Crippen LogP contribution in [0.25, 0.3) is 21.8 Å². The fraction of sp³-hybridized carbons (Fsp3) is 0. The molecular formula is C13H8N2O2. The summed E-state index contributed by atoms with van der Waals surface area (Å²) in [5.41, 5.74) is 1.72. The lowest BCUT2D eigenvalue weighted by Crippen LogP contribution is -1.96. The highest BCUT2D eigenvalue weighted by molar-refractivity contribution is 6.05. The summed E-state index contributed by atoms with van der Waals surface area (Å²) in [6.45, 7) is 0. The van der Waals surface area contributed by atoms with E-state index >= 15 is 0 Å². The van der Waals surface area contributed by atoms with Gasteiger partial charge in [0.1, 0.15) is 0 Å². The van der Waals surface area contributed by atoms with E-state index in [1.165, 1.54) is 0 Å². The highest BCUT2D eigenvalue weighted by Gasteiger charge is 2.06. The Morgan fingerprint density at radius 2 is 1.88 bits per heavy atom. The van der Waals surface area contributed by atoms with Gasteiger partial charge in [-0.05, 0) is 18.2 Å². The highest BCUT2D eigenvalue weighted by Crippen LogP contribution is 2.22. The molecule has 0 fully saturated rings. The summed E-state index contributed by atoms with van der Waals surface area (Å²) >= 11 is 0. The Bertz CT molecular complexity index is 738. The first-order chi connectivity index (χ1) is 8.25. The molecule has 4 heteroatoms. The molecule has 0 amide bonds. The van der Waals surface area contributed by atoms with Crippen molar-refractivity contribution in [3.05, 3.63) is 48.3 Å². The van der Waals surface area contributed by atoms with Gasteiger partial charge in [-0.1, -0.05) is 12.1 Å². The van der Waals surface area contributed by atoms with Crippen molar-refractivity contribution < 1.29 is 9.90 Å². The number of hydrogen-bond donors (Lipinski definition) is 1. The number of carbonyl (C=O) groups is 1. The van der Waals surface area contributed by atoms with E-state index in [0.717, 1.165) is 16.3 Å². The first-order valence-electron chi connectivity index (χ1n) is 5.12. The molecule has 0 aliphatic rings. The van der Waals surface area contributed by atoms with Crippen LogP contribution in [-0.4, -0.2) is 21.0 Å². The number of benzene rings is 1. The summed E-state index contributed by atoms with van der Waals surface area (Å²) in [4.78, 5) is 19.3. The van der Waals surface area contributed by atoms with Crippen LogP contribution in [0, 0.1) is 0 Å². The van der Waals surface area contributed by atoms with E-state index in [0.29, 0.717) is 5.52 Å². The van der Waals surface area contributed by atoms with Gasteiger partial charge in [0.2, 0.25) is 0 Å². The largest absolute Gasteiger partial charge is 0.478 e. The van der Waals surface area contributed by atoms with Gasteiger partial charge in [-0.3, -0.25) is 9.97 Å². The van der Waals surface area contributed by atoms with Crippen LogP contribution in [-0.2, 0) is 0 Å². The van der Waals surface area contributed by atoms with Crippen LogP contribution in [0.15, 0.2) is 42.7 Å². The molecule has 1 N–H and O–H groups in total. The van der Waals surface area contributed by atoms with Crippen LogP contribution in [0.5, 0.6) is 0 Å². The third kappa shape index (κ3) is 1.50. The Morgan fingerprint density at radius 1 is 1.06 bits per heavy atom. The second-order valence-corrected chi connectivity index (χ2v) is 3.73. The van der Waals surface area contributed by atoms with Gasteiger partial charge in [-0.2, -0.15) is 0 Å². The van der Waals surface area contributed by atoms with Crippen molar-refractivity contribution in [2.24, 2.45) is 0 Å². The molecule has 0 spiro atoms. The molecule has 3 aromatic rings. The zero-order valence-corrected chi connectivity index (χ0v) is 8.79. The molecule has 2 aromatic heterocycles. The van der Waals surface area contributed by atoms with E-state index in [2.05, 4.69) is 9.97 Å². The number of carboxylic acids is 1. The molecular weight excluding hydrogens is 216 g/mol. The number of hydrogen-bond acceptors (Lipinski definition) is 3. The summed E-state index contributed by atoms with van der Waals surface area (Å²) in [5.74, 6) is -0.944. The van der Waals surface area contributed by atoms with E-state index in [9.17, 15) is 4.79 Å². The Labute approximate surface area is 96.6 Å². The monoisotopic (exact) mass is 224 g/mol. The van der Waals surface area contributed by atoms with E-state index in [4.69, 9.17) is 5.11 Å². The zero-order chi connectivity index (χ0) is 11.8. The van der Waals surface area contributed by atoms with Crippen LogP contribution < -0.4 is 0 Å². The lowest BCUT2D eigenvalue weighted by Gasteiger charge is -2.03. The third-order valence-electron chi connectivity index (χ3n) is 2.70. The number of pyridine rings is 2.